The van der Waals surface area contributed by atoms with Gasteiger partial charge in [-0.15, -0.1) is 0 Å². The van der Waals surface area contributed by atoms with Gasteiger partial charge in [0, 0.05) is 23.3 Å². The molecule has 1 aliphatic heterocycles. The summed E-state index contributed by atoms with van der Waals surface area (Å²) in [6.07, 6.45) is 1.46. The van der Waals surface area contributed by atoms with E-state index in [2.05, 4.69) is 0 Å². The van der Waals surface area contributed by atoms with Gasteiger partial charge in [-0.05, 0) is 48.4 Å². The molecule has 3 aromatic rings. The second-order valence-electron chi connectivity index (χ2n) is 7.72. The van der Waals surface area contributed by atoms with Crippen LogP contribution >= 0.6 is 0 Å². The largest absolute Gasteiger partial charge is 0.497 e. The Labute approximate surface area is 200 Å². The molecule has 0 atom stereocenters. The van der Waals surface area contributed by atoms with Crippen LogP contribution in [-0.2, 0) is 16.1 Å². The quantitative estimate of drug-likeness (QED) is 0.222. The van der Waals surface area contributed by atoms with Crippen LogP contribution in [0.5, 0.6) is 5.75 Å². The number of amides is 2. The van der Waals surface area contributed by atoms with Crippen molar-refractivity contribution in [3.8, 4) is 23.1 Å². The van der Waals surface area contributed by atoms with E-state index in [-0.39, 0.29) is 29.0 Å². The van der Waals surface area contributed by atoms with Crippen LogP contribution in [0.4, 0.5) is 5.69 Å². The molecule has 0 saturated heterocycles. The van der Waals surface area contributed by atoms with Gasteiger partial charge in [0.15, 0.2) is 0 Å². The predicted octanol–water partition coefficient (Wildman–Crippen LogP) is 4.66. The fraction of sp³-hybridized carbons (Fsp3) is 0.115. The summed E-state index contributed by atoms with van der Waals surface area (Å²) >= 11 is 0. The molecule has 2 aromatic carbocycles. The third-order valence-corrected chi connectivity index (χ3v) is 5.58. The molecule has 0 spiro atoms. The number of nitro groups is 1. The monoisotopic (exact) mass is 469 g/mol. The Balaban J connectivity index is 1.68. The van der Waals surface area contributed by atoms with Gasteiger partial charge in [-0.3, -0.25) is 24.6 Å². The number of hydrogen-bond donors (Lipinski definition) is 0. The number of non-ortho nitro benzene ring substituents is 1. The molecule has 0 bridgehead atoms. The van der Waals surface area contributed by atoms with Gasteiger partial charge in [0.05, 0.1) is 18.6 Å². The van der Waals surface area contributed by atoms with Crippen LogP contribution in [0.15, 0.2) is 81.8 Å². The van der Waals surface area contributed by atoms with Gasteiger partial charge >= 0.3 is 0 Å². The molecule has 1 aliphatic rings. The fourth-order valence-corrected chi connectivity index (χ4v) is 3.69. The van der Waals surface area contributed by atoms with Gasteiger partial charge in [-0.2, -0.15) is 5.26 Å². The average Bonchev–Trinajstić information content (AvgIpc) is 3.34. The molecule has 35 heavy (non-hydrogen) atoms. The Morgan fingerprint density at radius 1 is 1.11 bits per heavy atom. The SMILES string of the molecule is COc1ccc(CN2C(=O)C(C#N)=C(C)/C(=C\c3ccc(-c4cccc([N+](=O)[O-])c4)o3)C2=O)cc1. The zero-order chi connectivity index (χ0) is 25.1. The number of nitrogens with zero attached hydrogens (tertiary/aromatic N) is 3. The lowest BCUT2D eigenvalue weighted by Crippen LogP contribution is -2.42. The number of benzene rings is 2. The summed E-state index contributed by atoms with van der Waals surface area (Å²) in [5.41, 5.74) is 1.38. The maximum Gasteiger partial charge on any atom is 0.271 e. The molecule has 174 valence electrons. The van der Waals surface area contributed by atoms with Crippen LogP contribution in [0.25, 0.3) is 17.4 Å². The van der Waals surface area contributed by atoms with E-state index >= 15 is 0 Å². The maximum absolute atomic E-state index is 13.3. The number of hydrogen-bond acceptors (Lipinski definition) is 7. The first-order valence-electron chi connectivity index (χ1n) is 10.5. The van der Waals surface area contributed by atoms with E-state index in [1.807, 2.05) is 6.07 Å². The molecular formula is C26H19N3O6. The predicted molar refractivity (Wildman–Crippen MR) is 126 cm³/mol. The second-order valence-corrected chi connectivity index (χ2v) is 7.72. The Bertz CT molecular complexity index is 1440. The van der Waals surface area contributed by atoms with Crippen molar-refractivity contribution in [3.05, 3.63) is 98.8 Å². The van der Waals surface area contributed by atoms with Crippen molar-refractivity contribution in [1.82, 2.24) is 4.90 Å². The van der Waals surface area contributed by atoms with Crippen LogP contribution < -0.4 is 4.74 Å². The second kappa shape index (κ2) is 9.49. The van der Waals surface area contributed by atoms with Crippen molar-refractivity contribution in [3.63, 3.8) is 0 Å². The number of imide groups is 1. The number of furan rings is 1. The van der Waals surface area contributed by atoms with Crippen molar-refractivity contribution in [2.24, 2.45) is 0 Å². The zero-order valence-electron chi connectivity index (χ0n) is 18.8. The number of nitriles is 1. The van der Waals surface area contributed by atoms with E-state index in [0.29, 0.717) is 28.4 Å². The molecule has 1 aromatic heterocycles. The summed E-state index contributed by atoms with van der Waals surface area (Å²) in [6, 6.07) is 18.0. The van der Waals surface area contributed by atoms with Crippen molar-refractivity contribution in [1.29, 1.82) is 5.26 Å². The Kier molecular flexibility index (Phi) is 6.29. The number of nitro benzene ring substituents is 1. The number of ether oxygens (including phenoxy) is 1. The first-order valence-corrected chi connectivity index (χ1v) is 10.5. The molecule has 4 rings (SSSR count). The lowest BCUT2D eigenvalue weighted by atomic mass is 9.94. The minimum atomic E-state index is -0.667. The number of methoxy groups -OCH3 is 1. The highest BCUT2D eigenvalue weighted by atomic mass is 16.6. The lowest BCUT2D eigenvalue weighted by Gasteiger charge is -2.27. The van der Waals surface area contributed by atoms with E-state index in [9.17, 15) is 25.0 Å². The van der Waals surface area contributed by atoms with Crippen LogP contribution in [0, 0.1) is 21.4 Å². The number of carbonyl (C=O) groups excluding carboxylic acids is 2. The average molecular weight is 469 g/mol. The molecule has 2 heterocycles. The molecule has 0 fully saturated rings. The van der Waals surface area contributed by atoms with E-state index in [0.717, 1.165) is 4.90 Å². The highest BCUT2D eigenvalue weighted by Gasteiger charge is 2.35. The fourth-order valence-electron chi connectivity index (χ4n) is 3.69. The van der Waals surface area contributed by atoms with E-state index in [1.54, 1.807) is 48.5 Å². The van der Waals surface area contributed by atoms with Gasteiger partial charge in [0.25, 0.3) is 17.5 Å². The minimum absolute atomic E-state index is 0.0193. The van der Waals surface area contributed by atoms with E-state index < -0.39 is 16.7 Å². The highest BCUT2D eigenvalue weighted by molar-refractivity contribution is 6.19. The summed E-state index contributed by atoms with van der Waals surface area (Å²) in [5.74, 6) is 0.0779. The third kappa shape index (κ3) is 4.58. The minimum Gasteiger partial charge on any atom is -0.497 e. The van der Waals surface area contributed by atoms with Crippen LogP contribution in [0.3, 0.4) is 0 Å². The van der Waals surface area contributed by atoms with Gasteiger partial charge in [-0.25, -0.2) is 0 Å². The Morgan fingerprint density at radius 3 is 2.51 bits per heavy atom. The summed E-state index contributed by atoms with van der Waals surface area (Å²) < 4.78 is 10.9. The molecule has 9 nitrogen and oxygen atoms in total. The number of carbonyl (C=O) groups is 2. The van der Waals surface area contributed by atoms with Gasteiger partial charge in [0.1, 0.15) is 28.9 Å². The smallest absolute Gasteiger partial charge is 0.271 e. The van der Waals surface area contributed by atoms with Crippen molar-refractivity contribution >= 4 is 23.6 Å². The summed E-state index contributed by atoms with van der Waals surface area (Å²) in [4.78, 5) is 37.7. The van der Waals surface area contributed by atoms with Crippen LogP contribution in [0.2, 0.25) is 0 Å². The molecule has 0 unspecified atom stereocenters. The Hall–Kier alpha value is -4.97. The maximum atomic E-state index is 13.3. The highest BCUT2D eigenvalue weighted by Crippen LogP contribution is 2.31. The van der Waals surface area contributed by atoms with Gasteiger partial charge < -0.3 is 9.15 Å². The molecule has 0 radical (unpaired) electrons. The third-order valence-electron chi connectivity index (χ3n) is 5.58. The normalized spacial score (nSPS) is 14.9. The topological polar surface area (TPSA) is 127 Å². The Morgan fingerprint density at radius 2 is 1.86 bits per heavy atom. The number of rotatable bonds is 6. The van der Waals surface area contributed by atoms with Crippen molar-refractivity contribution in [2.75, 3.05) is 7.11 Å². The van der Waals surface area contributed by atoms with Crippen LogP contribution in [-0.4, -0.2) is 28.7 Å². The molecule has 0 saturated carbocycles. The molecule has 0 N–H and O–H groups in total. The van der Waals surface area contributed by atoms with Crippen LogP contribution in [0.1, 0.15) is 18.2 Å². The summed E-state index contributed by atoms with van der Waals surface area (Å²) in [6.45, 7) is 1.52. The van der Waals surface area contributed by atoms with Gasteiger partial charge in [-0.1, -0.05) is 24.3 Å². The van der Waals surface area contributed by atoms with E-state index in [4.69, 9.17) is 9.15 Å². The van der Waals surface area contributed by atoms with E-state index in [1.165, 1.54) is 32.2 Å². The van der Waals surface area contributed by atoms with Gasteiger partial charge in [0.2, 0.25) is 0 Å². The first kappa shape index (κ1) is 23.2. The van der Waals surface area contributed by atoms with Crippen molar-refractivity contribution in [2.45, 2.75) is 13.5 Å². The zero-order valence-corrected chi connectivity index (χ0v) is 18.8. The molecular weight excluding hydrogens is 450 g/mol. The molecule has 2 amide bonds. The molecule has 0 aliphatic carbocycles. The van der Waals surface area contributed by atoms with Crippen molar-refractivity contribution < 1.29 is 23.7 Å². The summed E-state index contributed by atoms with van der Waals surface area (Å²) in [5, 5.41) is 20.7. The molecule has 9 heteroatoms. The summed E-state index contributed by atoms with van der Waals surface area (Å²) in [7, 11) is 1.54. The lowest BCUT2D eigenvalue weighted by molar-refractivity contribution is -0.384. The first-order chi connectivity index (χ1) is 16.8. The standard InChI is InChI=1S/C26H19N3O6/c1-16-22(13-21-10-11-24(35-21)18-4-3-5-19(12-18)29(32)33)25(30)28(26(31)23(16)14-27)15-17-6-8-20(34-2)9-7-17/h3-13H,15H2,1-2H3/b22-13+.